The molecule has 0 atom stereocenters. The summed E-state index contributed by atoms with van der Waals surface area (Å²) in [5.74, 6) is 2.16. The van der Waals surface area contributed by atoms with Crippen molar-refractivity contribution in [2.24, 2.45) is 5.92 Å². The van der Waals surface area contributed by atoms with Gasteiger partial charge in [0.2, 0.25) is 6.79 Å². The zero-order chi connectivity index (χ0) is 20.5. The molecule has 30 heavy (non-hydrogen) atoms. The standard InChI is InChI=1S/C25H29F2NO2/c26-21-4-7-23(27)20(14-21)13-17-9-11-28(12-10-17)22-5-1-18(2-6-22)19-3-8-24-25(15-19)30-16-29-24/h3-4,7-8,14-15,17-18,22H,1-2,5-6,9-13,16H2. The Morgan fingerprint density at radius 2 is 1.60 bits per heavy atom. The molecule has 3 nitrogen and oxygen atoms in total. The van der Waals surface area contributed by atoms with Crippen molar-refractivity contribution in [2.75, 3.05) is 19.9 Å². The number of benzene rings is 2. The topological polar surface area (TPSA) is 21.7 Å². The molecule has 2 fully saturated rings. The van der Waals surface area contributed by atoms with E-state index in [0.717, 1.165) is 37.4 Å². The second-order valence-corrected chi connectivity index (χ2v) is 9.04. The molecule has 3 aliphatic rings. The van der Waals surface area contributed by atoms with Gasteiger partial charge in [0.1, 0.15) is 11.6 Å². The lowest BCUT2D eigenvalue weighted by atomic mass is 9.80. The fourth-order valence-electron chi connectivity index (χ4n) is 5.47. The van der Waals surface area contributed by atoms with E-state index in [1.54, 1.807) is 0 Å². The van der Waals surface area contributed by atoms with E-state index < -0.39 is 0 Å². The summed E-state index contributed by atoms with van der Waals surface area (Å²) in [6.07, 6.45) is 7.65. The van der Waals surface area contributed by atoms with Crippen molar-refractivity contribution < 1.29 is 18.3 Å². The normalized spacial score (nSPS) is 24.9. The third-order valence-electron chi connectivity index (χ3n) is 7.25. The number of rotatable bonds is 4. The predicted molar refractivity (Wildman–Crippen MR) is 112 cm³/mol. The maximum Gasteiger partial charge on any atom is 0.231 e. The van der Waals surface area contributed by atoms with Crippen molar-refractivity contribution in [3.8, 4) is 11.5 Å². The Labute approximate surface area is 177 Å². The van der Waals surface area contributed by atoms with E-state index in [0.29, 0.717) is 36.7 Å². The number of fused-ring (bicyclic) bond motifs is 1. The second-order valence-electron chi connectivity index (χ2n) is 9.04. The minimum atomic E-state index is -0.344. The lowest BCUT2D eigenvalue weighted by molar-refractivity contribution is 0.102. The van der Waals surface area contributed by atoms with Gasteiger partial charge in [-0.3, -0.25) is 0 Å². The summed E-state index contributed by atoms with van der Waals surface area (Å²) in [7, 11) is 0. The van der Waals surface area contributed by atoms with Gasteiger partial charge in [-0.2, -0.15) is 0 Å². The molecule has 0 amide bonds. The highest BCUT2D eigenvalue weighted by Crippen LogP contribution is 2.40. The van der Waals surface area contributed by atoms with Crippen LogP contribution in [0.3, 0.4) is 0 Å². The average Bonchev–Trinajstić information content (AvgIpc) is 3.25. The smallest absolute Gasteiger partial charge is 0.231 e. The van der Waals surface area contributed by atoms with Crippen LogP contribution in [0.2, 0.25) is 0 Å². The highest BCUT2D eigenvalue weighted by Gasteiger charge is 2.30. The van der Waals surface area contributed by atoms with E-state index in [2.05, 4.69) is 17.0 Å². The van der Waals surface area contributed by atoms with Crippen molar-refractivity contribution in [1.82, 2.24) is 4.90 Å². The first-order valence-corrected chi connectivity index (χ1v) is 11.2. The fraction of sp³-hybridized carbons (Fsp3) is 0.520. The summed E-state index contributed by atoms with van der Waals surface area (Å²) in [5, 5.41) is 0. The van der Waals surface area contributed by atoms with Gasteiger partial charge < -0.3 is 14.4 Å². The molecule has 5 rings (SSSR count). The third-order valence-corrected chi connectivity index (χ3v) is 7.25. The van der Waals surface area contributed by atoms with E-state index >= 15 is 0 Å². The Balaban J connectivity index is 1.11. The van der Waals surface area contributed by atoms with Crippen LogP contribution in [-0.4, -0.2) is 30.8 Å². The van der Waals surface area contributed by atoms with Gasteiger partial charge in [0.15, 0.2) is 11.5 Å². The summed E-state index contributed by atoms with van der Waals surface area (Å²) in [6.45, 7) is 2.47. The van der Waals surface area contributed by atoms with E-state index in [4.69, 9.17) is 9.47 Å². The molecule has 0 spiro atoms. The van der Waals surface area contributed by atoms with E-state index in [-0.39, 0.29) is 11.6 Å². The molecule has 2 aliphatic heterocycles. The van der Waals surface area contributed by atoms with E-state index in [9.17, 15) is 8.78 Å². The molecule has 0 N–H and O–H groups in total. The van der Waals surface area contributed by atoms with E-state index in [1.807, 2.05) is 6.07 Å². The van der Waals surface area contributed by atoms with Crippen molar-refractivity contribution in [1.29, 1.82) is 0 Å². The number of piperidine rings is 1. The second kappa shape index (κ2) is 8.54. The highest BCUT2D eigenvalue weighted by atomic mass is 19.1. The fourth-order valence-corrected chi connectivity index (χ4v) is 5.47. The molecule has 0 aromatic heterocycles. The van der Waals surface area contributed by atoms with Gasteiger partial charge in [-0.05, 0) is 111 Å². The van der Waals surface area contributed by atoms with Crippen LogP contribution in [0, 0.1) is 17.6 Å². The quantitative estimate of drug-likeness (QED) is 0.644. The molecule has 2 heterocycles. The highest BCUT2D eigenvalue weighted by molar-refractivity contribution is 5.45. The largest absolute Gasteiger partial charge is 0.454 e. The molecule has 0 unspecified atom stereocenters. The summed E-state index contributed by atoms with van der Waals surface area (Å²) in [4.78, 5) is 2.63. The lowest BCUT2D eigenvalue weighted by Crippen LogP contribution is -2.43. The molecule has 160 valence electrons. The Kier molecular flexibility index (Phi) is 5.64. The number of nitrogens with zero attached hydrogens (tertiary/aromatic N) is 1. The number of halogens is 2. The molecular weight excluding hydrogens is 384 g/mol. The van der Waals surface area contributed by atoms with Gasteiger partial charge in [0.25, 0.3) is 0 Å². The van der Waals surface area contributed by atoms with Crippen molar-refractivity contribution in [2.45, 2.75) is 56.9 Å². The Morgan fingerprint density at radius 3 is 2.40 bits per heavy atom. The van der Waals surface area contributed by atoms with Gasteiger partial charge in [-0.1, -0.05) is 6.07 Å². The van der Waals surface area contributed by atoms with Crippen LogP contribution < -0.4 is 9.47 Å². The zero-order valence-electron chi connectivity index (χ0n) is 17.3. The van der Waals surface area contributed by atoms with Crippen LogP contribution in [0.15, 0.2) is 36.4 Å². The van der Waals surface area contributed by atoms with Crippen molar-refractivity contribution >= 4 is 0 Å². The van der Waals surface area contributed by atoms with Crippen LogP contribution >= 0.6 is 0 Å². The molecule has 1 aliphatic carbocycles. The molecule has 1 saturated carbocycles. The first kappa shape index (κ1) is 19.8. The van der Waals surface area contributed by atoms with Gasteiger partial charge in [-0.25, -0.2) is 8.78 Å². The van der Waals surface area contributed by atoms with Crippen molar-refractivity contribution in [3.63, 3.8) is 0 Å². The van der Waals surface area contributed by atoms with E-state index in [1.165, 1.54) is 49.4 Å². The lowest BCUT2D eigenvalue weighted by Gasteiger charge is -2.41. The molecule has 1 saturated heterocycles. The maximum absolute atomic E-state index is 14.0. The van der Waals surface area contributed by atoms with Crippen LogP contribution in [0.4, 0.5) is 8.78 Å². The van der Waals surface area contributed by atoms with Crippen molar-refractivity contribution in [3.05, 3.63) is 59.2 Å². The van der Waals surface area contributed by atoms with Crippen LogP contribution in [0.1, 0.15) is 55.6 Å². The first-order chi connectivity index (χ1) is 14.7. The van der Waals surface area contributed by atoms with Gasteiger partial charge >= 0.3 is 0 Å². The Bertz CT molecular complexity index is 887. The Hall–Kier alpha value is -2.14. The minimum absolute atomic E-state index is 0.277. The van der Waals surface area contributed by atoms with Gasteiger partial charge in [-0.15, -0.1) is 0 Å². The number of hydrogen-bond acceptors (Lipinski definition) is 3. The number of ether oxygens (including phenoxy) is 2. The molecule has 2 aromatic carbocycles. The molecule has 0 radical (unpaired) electrons. The van der Waals surface area contributed by atoms with Crippen LogP contribution in [0.25, 0.3) is 0 Å². The zero-order valence-corrected chi connectivity index (χ0v) is 17.3. The SMILES string of the molecule is Fc1ccc(F)c(CC2CCN(C3CCC(c4ccc5c(c4)OCO5)CC3)CC2)c1. The van der Waals surface area contributed by atoms with Gasteiger partial charge in [0, 0.05) is 6.04 Å². The average molecular weight is 414 g/mol. The molecule has 0 bridgehead atoms. The summed E-state index contributed by atoms with van der Waals surface area (Å²) >= 11 is 0. The number of likely N-dealkylation sites (tertiary alicyclic amines) is 1. The van der Waals surface area contributed by atoms with Crippen LogP contribution in [-0.2, 0) is 6.42 Å². The molecular formula is C25H29F2NO2. The monoisotopic (exact) mass is 413 g/mol. The maximum atomic E-state index is 14.0. The number of hydrogen-bond donors (Lipinski definition) is 0. The third kappa shape index (κ3) is 4.18. The summed E-state index contributed by atoms with van der Waals surface area (Å²) in [6, 6.07) is 10.8. The predicted octanol–water partition coefficient (Wildman–Crippen LogP) is 5.67. The first-order valence-electron chi connectivity index (χ1n) is 11.2. The van der Waals surface area contributed by atoms with Gasteiger partial charge in [0.05, 0.1) is 0 Å². The molecule has 2 aromatic rings. The minimum Gasteiger partial charge on any atom is -0.454 e. The summed E-state index contributed by atoms with van der Waals surface area (Å²) < 4.78 is 38.4. The summed E-state index contributed by atoms with van der Waals surface area (Å²) in [5.41, 5.74) is 1.89. The Morgan fingerprint density at radius 1 is 0.833 bits per heavy atom. The molecule has 5 heteroatoms. The van der Waals surface area contributed by atoms with Crippen LogP contribution in [0.5, 0.6) is 11.5 Å².